The van der Waals surface area contributed by atoms with Gasteiger partial charge >= 0.3 is 5.97 Å². The number of hydrogen-bond donors (Lipinski definition) is 2. The van der Waals surface area contributed by atoms with Gasteiger partial charge in [0.1, 0.15) is 0 Å². The SMILES string of the molecule is CCC(CNC(=O)c1cc(Cl)ccc1Br)CC(=O)O. The molecular weight excluding hydrogens is 334 g/mol. The third-order valence-electron chi connectivity index (χ3n) is 2.76. The highest BCUT2D eigenvalue weighted by atomic mass is 79.9. The number of nitrogens with one attached hydrogen (secondary N) is 1. The van der Waals surface area contributed by atoms with Crippen LogP contribution in [0, 0.1) is 5.92 Å². The van der Waals surface area contributed by atoms with Crippen LogP contribution in [-0.2, 0) is 4.79 Å². The van der Waals surface area contributed by atoms with Gasteiger partial charge < -0.3 is 10.4 Å². The van der Waals surface area contributed by atoms with Gasteiger partial charge in [-0.25, -0.2) is 0 Å². The van der Waals surface area contributed by atoms with E-state index in [4.69, 9.17) is 16.7 Å². The van der Waals surface area contributed by atoms with Crippen LogP contribution < -0.4 is 5.32 Å². The van der Waals surface area contributed by atoms with E-state index in [2.05, 4.69) is 21.2 Å². The zero-order valence-electron chi connectivity index (χ0n) is 10.5. The van der Waals surface area contributed by atoms with Crippen LogP contribution in [0.1, 0.15) is 30.1 Å². The summed E-state index contributed by atoms with van der Waals surface area (Å²) in [6, 6.07) is 4.95. The van der Waals surface area contributed by atoms with E-state index in [0.29, 0.717) is 28.0 Å². The summed E-state index contributed by atoms with van der Waals surface area (Å²) in [5, 5.41) is 12.0. The number of benzene rings is 1. The number of carboxylic acids is 1. The van der Waals surface area contributed by atoms with Crippen LogP contribution in [0.3, 0.4) is 0 Å². The molecule has 1 unspecified atom stereocenters. The minimum atomic E-state index is -0.856. The molecule has 104 valence electrons. The van der Waals surface area contributed by atoms with E-state index in [-0.39, 0.29) is 18.2 Å². The highest BCUT2D eigenvalue weighted by molar-refractivity contribution is 9.10. The standard InChI is InChI=1S/C13H15BrClNO3/c1-2-8(5-12(17)18)7-16-13(19)10-6-9(15)3-4-11(10)14/h3-4,6,8H,2,5,7H2,1H3,(H,16,19)(H,17,18). The molecule has 0 aliphatic rings. The Morgan fingerprint density at radius 3 is 2.74 bits per heavy atom. The van der Waals surface area contributed by atoms with Gasteiger partial charge in [-0.15, -0.1) is 0 Å². The first-order chi connectivity index (χ1) is 8.93. The first kappa shape index (κ1) is 16.0. The predicted octanol–water partition coefficient (Wildman–Crippen LogP) is 3.33. The zero-order chi connectivity index (χ0) is 14.4. The fraction of sp³-hybridized carbons (Fsp3) is 0.385. The van der Waals surface area contributed by atoms with Crippen molar-refractivity contribution in [3.63, 3.8) is 0 Å². The van der Waals surface area contributed by atoms with Crippen LogP contribution in [0.4, 0.5) is 0 Å². The van der Waals surface area contributed by atoms with Gasteiger partial charge in [0.2, 0.25) is 0 Å². The van der Waals surface area contributed by atoms with E-state index < -0.39 is 5.97 Å². The summed E-state index contributed by atoms with van der Waals surface area (Å²) in [6.07, 6.45) is 0.747. The van der Waals surface area contributed by atoms with Crippen molar-refractivity contribution in [1.82, 2.24) is 5.32 Å². The van der Waals surface area contributed by atoms with Crippen molar-refractivity contribution in [1.29, 1.82) is 0 Å². The first-order valence-electron chi connectivity index (χ1n) is 5.89. The van der Waals surface area contributed by atoms with Crippen molar-refractivity contribution >= 4 is 39.4 Å². The van der Waals surface area contributed by atoms with Crippen LogP contribution in [0.25, 0.3) is 0 Å². The molecule has 0 heterocycles. The third kappa shape index (κ3) is 5.20. The molecule has 0 aliphatic heterocycles. The topological polar surface area (TPSA) is 66.4 Å². The summed E-state index contributed by atoms with van der Waals surface area (Å²) < 4.78 is 0.653. The molecule has 0 aromatic heterocycles. The number of rotatable bonds is 6. The van der Waals surface area contributed by atoms with Crippen molar-refractivity contribution < 1.29 is 14.7 Å². The number of carbonyl (C=O) groups excluding carboxylic acids is 1. The maximum absolute atomic E-state index is 12.0. The van der Waals surface area contributed by atoms with Gasteiger partial charge in [0.05, 0.1) is 5.56 Å². The van der Waals surface area contributed by atoms with Gasteiger partial charge in [-0.05, 0) is 40.0 Å². The second-order valence-electron chi connectivity index (χ2n) is 4.21. The lowest BCUT2D eigenvalue weighted by Gasteiger charge is -2.14. The summed E-state index contributed by atoms with van der Waals surface area (Å²) in [4.78, 5) is 22.6. The lowest BCUT2D eigenvalue weighted by atomic mass is 10.0. The molecule has 0 fully saturated rings. The Bertz CT molecular complexity index is 479. The van der Waals surface area contributed by atoms with Crippen LogP contribution >= 0.6 is 27.5 Å². The molecule has 1 aromatic rings. The van der Waals surface area contributed by atoms with E-state index >= 15 is 0 Å². The maximum Gasteiger partial charge on any atom is 0.303 e. The second kappa shape index (κ2) is 7.50. The molecule has 0 spiro atoms. The number of aliphatic carboxylic acids is 1. The summed E-state index contributed by atoms with van der Waals surface area (Å²) in [6.45, 7) is 2.23. The fourth-order valence-electron chi connectivity index (χ4n) is 1.61. The molecule has 1 amide bonds. The Kier molecular flexibility index (Phi) is 6.31. The Morgan fingerprint density at radius 1 is 1.47 bits per heavy atom. The first-order valence-corrected chi connectivity index (χ1v) is 7.06. The highest BCUT2D eigenvalue weighted by Gasteiger charge is 2.15. The summed E-state index contributed by atoms with van der Waals surface area (Å²) in [7, 11) is 0. The lowest BCUT2D eigenvalue weighted by molar-refractivity contribution is -0.138. The second-order valence-corrected chi connectivity index (χ2v) is 5.50. The number of carbonyl (C=O) groups is 2. The van der Waals surface area contributed by atoms with Gasteiger partial charge in [-0.3, -0.25) is 9.59 Å². The van der Waals surface area contributed by atoms with Crippen LogP contribution in [-0.4, -0.2) is 23.5 Å². The van der Waals surface area contributed by atoms with Crippen LogP contribution in [0.2, 0.25) is 5.02 Å². The molecule has 0 bridgehead atoms. The summed E-state index contributed by atoms with van der Waals surface area (Å²) in [5.74, 6) is -1.19. The largest absolute Gasteiger partial charge is 0.481 e. The normalized spacial score (nSPS) is 11.9. The Labute approximate surface area is 125 Å². The molecular formula is C13H15BrClNO3. The molecule has 4 nitrogen and oxygen atoms in total. The Hall–Kier alpha value is -1.07. The minimum Gasteiger partial charge on any atom is -0.481 e. The Balaban J connectivity index is 2.64. The zero-order valence-corrected chi connectivity index (χ0v) is 12.8. The molecule has 1 aromatic carbocycles. The molecule has 1 atom stereocenters. The average Bonchev–Trinajstić information content (AvgIpc) is 2.36. The minimum absolute atomic E-state index is 0.0491. The van der Waals surface area contributed by atoms with E-state index in [1.807, 2.05) is 6.92 Å². The van der Waals surface area contributed by atoms with E-state index in [1.54, 1.807) is 18.2 Å². The van der Waals surface area contributed by atoms with Crippen LogP contribution in [0.15, 0.2) is 22.7 Å². The molecule has 0 radical (unpaired) electrons. The molecule has 0 saturated heterocycles. The summed E-state index contributed by atoms with van der Waals surface area (Å²) >= 11 is 9.12. The highest BCUT2D eigenvalue weighted by Crippen LogP contribution is 2.21. The van der Waals surface area contributed by atoms with Gasteiger partial charge in [-0.1, -0.05) is 24.9 Å². The number of hydrogen-bond acceptors (Lipinski definition) is 2. The number of carboxylic acid groups (broad SMARTS) is 1. The van der Waals surface area contributed by atoms with Crippen molar-refractivity contribution in [2.24, 2.45) is 5.92 Å². The predicted molar refractivity (Wildman–Crippen MR) is 77.5 cm³/mol. The fourth-order valence-corrected chi connectivity index (χ4v) is 2.21. The molecule has 1 rings (SSSR count). The maximum atomic E-state index is 12.0. The molecule has 2 N–H and O–H groups in total. The quantitative estimate of drug-likeness (QED) is 0.828. The van der Waals surface area contributed by atoms with Gasteiger partial charge in [0, 0.05) is 22.5 Å². The monoisotopic (exact) mass is 347 g/mol. The van der Waals surface area contributed by atoms with Gasteiger partial charge in [0.25, 0.3) is 5.91 Å². The number of amides is 1. The van der Waals surface area contributed by atoms with E-state index in [9.17, 15) is 9.59 Å². The third-order valence-corrected chi connectivity index (χ3v) is 3.69. The molecule has 19 heavy (non-hydrogen) atoms. The number of halogens is 2. The summed E-state index contributed by atoms with van der Waals surface area (Å²) in [5.41, 5.74) is 0.442. The van der Waals surface area contributed by atoms with Gasteiger partial charge in [0.15, 0.2) is 0 Å². The van der Waals surface area contributed by atoms with Crippen molar-refractivity contribution in [3.8, 4) is 0 Å². The van der Waals surface area contributed by atoms with Gasteiger partial charge in [-0.2, -0.15) is 0 Å². The lowest BCUT2D eigenvalue weighted by Crippen LogP contribution is -2.30. The van der Waals surface area contributed by atoms with Crippen LogP contribution in [0.5, 0.6) is 0 Å². The molecule has 6 heteroatoms. The van der Waals surface area contributed by atoms with Crippen molar-refractivity contribution in [2.75, 3.05) is 6.54 Å². The smallest absolute Gasteiger partial charge is 0.303 e. The average molecular weight is 349 g/mol. The Morgan fingerprint density at radius 2 is 2.16 bits per heavy atom. The molecule has 0 saturated carbocycles. The van der Waals surface area contributed by atoms with Crippen molar-refractivity contribution in [2.45, 2.75) is 19.8 Å². The molecule has 0 aliphatic carbocycles. The van der Waals surface area contributed by atoms with Crippen molar-refractivity contribution in [3.05, 3.63) is 33.3 Å². The van der Waals surface area contributed by atoms with E-state index in [0.717, 1.165) is 0 Å². The van der Waals surface area contributed by atoms with E-state index in [1.165, 1.54) is 0 Å².